The van der Waals surface area contributed by atoms with E-state index in [1.165, 1.54) is 36.8 Å². The molecule has 0 amide bonds. The molecule has 0 aromatic heterocycles. The first-order valence-electron chi connectivity index (χ1n) is 12.3. The number of fused-ring (bicyclic) bond motifs is 5. The molecule has 0 bridgehead atoms. The Kier molecular flexibility index (Phi) is 6.60. The zero-order valence-corrected chi connectivity index (χ0v) is 19.5. The molecule has 3 aliphatic carbocycles. The summed E-state index contributed by atoms with van der Waals surface area (Å²) in [6.07, 6.45) is 8.70. The van der Waals surface area contributed by atoms with Crippen LogP contribution in [0.15, 0.2) is 29.8 Å². The van der Waals surface area contributed by atoms with Gasteiger partial charge in [-0.15, -0.1) is 0 Å². The third-order valence-corrected chi connectivity index (χ3v) is 8.80. The lowest BCUT2D eigenvalue weighted by molar-refractivity contribution is 0.0483. The number of phenolic OH excluding ortho intramolecular Hbond substituents is 1. The summed E-state index contributed by atoms with van der Waals surface area (Å²) >= 11 is 0. The van der Waals surface area contributed by atoms with Gasteiger partial charge in [-0.1, -0.05) is 45.4 Å². The van der Waals surface area contributed by atoms with E-state index in [-0.39, 0.29) is 0 Å². The number of benzene rings is 1. The smallest absolute Gasteiger partial charge is 0.115 e. The van der Waals surface area contributed by atoms with Gasteiger partial charge in [-0.25, -0.2) is 0 Å². The summed E-state index contributed by atoms with van der Waals surface area (Å²) in [4.78, 5) is 2.42. The second-order valence-corrected chi connectivity index (χ2v) is 10.2. The van der Waals surface area contributed by atoms with Gasteiger partial charge in [0.15, 0.2) is 0 Å². The molecule has 1 aromatic carbocycles. The molecule has 1 N–H and O–H groups in total. The third kappa shape index (κ3) is 3.96. The highest BCUT2D eigenvalue weighted by atomic mass is 16.5. The monoisotopic (exact) mass is 411 g/mol. The standard InChI is InChI=1S/C27H41NO2/c1-5-28(6-2)14-16-30-15-12-21-7-10-25-26-19(3)17-20-18-22(29)8-9-23(20)24(26)11-13-27(21,25)4/h8-9,12,18-19,24-26,29H,5-7,10-11,13-17H2,1-4H3/t19?,24-,25+,26-,27-/m1/s1. The van der Waals surface area contributed by atoms with E-state index < -0.39 is 0 Å². The molecule has 1 aromatic rings. The lowest BCUT2D eigenvalue weighted by Gasteiger charge is -2.52. The van der Waals surface area contributed by atoms with Crippen LogP contribution in [0.25, 0.3) is 0 Å². The summed E-state index contributed by atoms with van der Waals surface area (Å²) in [5.74, 6) is 3.35. The van der Waals surface area contributed by atoms with Crippen molar-refractivity contribution in [2.24, 2.45) is 23.2 Å². The number of nitrogens with zero attached hydrogens (tertiary/aromatic N) is 1. The van der Waals surface area contributed by atoms with Crippen molar-refractivity contribution in [1.82, 2.24) is 4.90 Å². The van der Waals surface area contributed by atoms with Crippen LogP contribution in [0.1, 0.15) is 70.4 Å². The number of rotatable bonds is 7. The van der Waals surface area contributed by atoms with Crippen molar-refractivity contribution in [3.8, 4) is 5.75 Å². The number of hydrogen-bond donors (Lipinski definition) is 1. The molecule has 0 saturated heterocycles. The van der Waals surface area contributed by atoms with Gasteiger partial charge in [-0.05, 0) is 97.5 Å². The highest BCUT2D eigenvalue weighted by Crippen LogP contribution is 2.63. The zero-order chi connectivity index (χ0) is 21.3. The van der Waals surface area contributed by atoms with Crippen LogP contribution in [-0.4, -0.2) is 42.9 Å². The average molecular weight is 412 g/mol. The van der Waals surface area contributed by atoms with E-state index in [4.69, 9.17) is 4.74 Å². The molecule has 3 aliphatic rings. The fraction of sp³-hybridized carbons (Fsp3) is 0.704. The summed E-state index contributed by atoms with van der Waals surface area (Å²) < 4.78 is 6.00. The molecule has 5 atom stereocenters. The second kappa shape index (κ2) is 9.04. The maximum atomic E-state index is 9.95. The van der Waals surface area contributed by atoms with Gasteiger partial charge in [0.05, 0.1) is 13.2 Å². The Morgan fingerprint density at radius 3 is 2.80 bits per heavy atom. The Balaban J connectivity index is 1.44. The van der Waals surface area contributed by atoms with Gasteiger partial charge in [0.25, 0.3) is 0 Å². The molecular weight excluding hydrogens is 370 g/mol. The molecule has 2 saturated carbocycles. The van der Waals surface area contributed by atoms with E-state index in [0.717, 1.165) is 51.1 Å². The van der Waals surface area contributed by atoms with Crippen LogP contribution in [0.2, 0.25) is 0 Å². The van der Waals surface area contributed by atoms with Crippen LogP contribution in [0.5, 0.6) is 5.75 Å². The van der Waals surface area contributed by atoms with Gasteiger partial charge in [-0.3, -0.25) is 0 Å². The first-order chi connectivity index (χ1) is 14.5. The largest absolute Gasteiger partial charge is 0.508 e. The van der Waals surface area contributed by atoms with Crippen LogP contribution in [0.4, 0.5) is 0 Å². The van der Waals surface area contributed by atoms with E-state index >= 15 is 0 Å². The van der Waals surface area contributed by atoms with Crippen LogP contribution in [0.3, 0.4) is 0 Å². The summed E-state index contributed by atoms with van der Waals surface area (Å²) in [7, 11) is 0. The summed E-state index contributed by atoms with van der Waals surface area (Å²) in [6.45, 7) is 14.3. The summed E-state index contributed by atoms with van der Waals surface area (Å²) in [6, 6.07) is 6.13. The van der Waals surface area contributed by atoms with Gasteiger partial charge < -0.3 is 14.7 Å². The molecule has 0 spiro atoms. The summed E-state index contributed by atoms with van der Waals surface area (Å²) in [5, 5.41) is 9.95. The second-order valence-electron chi connectivity index (χ2n) is 10.2. The molecule has 3 nitrogen and oxygen atoms in total. The van der Waals surface area contributed by atoms with Crippen LogP contribution < -0.4 is 0 Å². The Labute approximate surface area is 183 Å². The Morgan fingerprint density at radius 2 is 2.03 bits per heavy atom. The van der Waals surface area contributed by atoms with E-state index in [0.29, 0.717) is 23.0 Å². The molecule has 1 unspecified atom stereocenters. The SMILES string of the molecule is CCN(CC)CCOCC=C1CC[C@H]2[C@@H]3C(C)Cc4cc(O)ccc4[C@H]3CC[C@]12C. The third-order valence-electron chi connectivity index (χ3n) is 8.80. The van der Waals surface area contributed by atoms with Crippen molar-refractivity contribution >= 4 is 0 Å². The predicted octanol–water partition coefficient (Wildman–Crippen LogP) is 5.78. The topological polar surface area (TPSA) is 32.7 Å². The predicted molar refractivity (Wildman–Crippen MR) is 124 cm³/mol. The molecule has 0 aliphatic heterocycles. The first-order valence-corrected chi connectivity index (χ1v) is 12.3. The van der Waals surface area contributed by atoms with Gasteiger partial charge in [-0.2, -0.15) is 0 Å². The quantitative estimate of drug-likeness (QED) is 0.456. The maximum Gasteiger partial charge on any atom is 0.115 e. The Bertz CT molecular complexity index is 768. The molecule has 0 heterocycles. The van der Waals surface area contributed by atoms with Crippen molar-refractivity contribution in [3.63, 3.8) is 0 Å². The van der Waals surface area contributed by atoms with Gasteiger partial charge >= 0.3 is 0 Å². The molecule has 4 rings (SSSR count). The van der Waals surface area contributed by atoms with Crippen LogP contribution >= 0.6 is 0 Å². The van der Waals surface area contributed by atoms with Crippen molar-refractivity contribution in [3.05, 3.63) is 41.0 Å². The first kappa shape index (κ1) is 21.9. The number of ether oxygens (including phenoxy) is 1. The maximum absolute atomic E-state index is 9.95. The van der Waals surface area contributed by atoms with Gasteiger partial charge in [0, 0.05) is 6.54 Å². The Hall–Kier alpha value is -1.32. The normalized spacial score (nSPS) is 34.1. The molecule has 0 radical (unpaired) electrons. The fourth-order valence-electron chi connectivity index (χ4n) is 7.13. The van der Waals surface area contributed by atoms with E-state index in [2.05, 4.69) is 44.7 Å². The Morgan fingerprint density at radius 1 is 1.23 bits per heavy atom. The highest BCUT2D eigenvalue weighted by Gasteiger charge is 2.54. The van der Waals surface area contributed by atoms with E-state index in [1.807, 2.05) is 12.1 Å². The van der Waals surface area contributed by atoms with Gasteiger partial charge in [0.2, 0.25) is 0 Å². The molecule has 166 valence electrons. The minimum atomic E-state index is 0.353. The van der Waals surface area contributed by atoms with E-state index in [9.17, 15) is 5.11 Å². The number of hydrogen-bond acceptors (Lipinski definition) is 3. The lowest BCUT2D eigenvalue weighted by Crippen LogP contribution is -2.43. The van der Waals surface area contributed by atoms with Crippen LogP contribution in [-0.2, 0) is 11.2 Å². The van der Waals surface area contributed by atoms with Crippen molar-refractivity contribution in [1.29, 1.82) is 0 Å². The van der Waals surface area contributed by atoms with E-state index in [1.54, 1.807) is 5.57 Å². The number of aromatic hydroxyl groups is 1. The van der Waals surface area contributed by atoms with Crippen molar-refractivity contribution < 1.29 is 9.84 Å². The molecule has 3 heteroatoms. The molecule has 30 heavy (non-hydrogen) atoms. The average Bonchev–Trinajstić information content (AvgIpc) is 3.06. The minimum absolute atomic E-state index is 0.353. The number of phenols is 1. The summed E-state index contributed by atoms with van der Waals surface area (Å²) in [5.41, 5.74) is 4.93. The molecular formula is C27H41NO2. The number of likely N-dealkylation sites (N-methyl/N-ethyl adjacent to an activating group) is 1. The van der Waals surface area contributed by atoms with Gasteiger partial charge in [0.1, 0.15) is 5.75 Å². The van der Waals surface area contributed by atoms with Crippen LogP contribution in [0, 0.1) is 23.2 Å². The van der Waals surface area contributed by atoms with Crippen molar-refractivity contribution in [2.45, 2.75) is 65.7 Å². The molecule has 2 fully saturated rings. The zero-order valence-electron chi connectivity index (χ0n) is 19.5. The fourth-order valence-corrected chi connectivity index (χ4v) is 7.13. The number of allylic oxidation sites excluding steroid dienone is 1. The van der Waals surface area contributed by atoms with Crippen molar-refractivity contribution in [2.75, 3.05) is 32.8 Å². The lowest BCUT2D eigenvalue weighted by atomic mass is 9.52. The highest BCUT2D eigenvalue weighted by molar-refractivity contribution is 5.41. The minimum Gasteiger partial charge on any atom is -0.508 e.